The van der Waals surface area contributed by atoms with E-state index in [0.29, 0.717) is 6.54 Å². The van der Waals surface area contributed by atoms with Crippen molar-refractivity contribution in [1.82, 2.24) is 10.2 Å². The smallest absolute Gasteiger partial charge is 0.261 e. The topological polar surface area (TPSA) is 32.3 Å². The van der Waals surface area contributed by atoms with Crippen LogP contribution in [0.15, 0.2) is 6.07 Å². The van der Waals surface area contributed by atoms with Crippen LogP contribution in [0.1, 0.15) is 54.2 Å². The third kappa shape index (κ3) is 5.79. The van der Waals surface area contributed by atoms with Gasteiger partial charge >= 0.3 is 0 Å². The van der Waals surface area contributed by atoms with Crippen molar-refractivity contribution >= 4 is 17.2 Å². The maximum atomic E-state index is 12.3. The average Bonchev–Trinajstić information content (AvgIpc) is 2.78. The zero-order valence-electron chi connectivity index (χ0n) is 14.4. The molecule has 1 N–H and O–H groups in total. The third-order valence-electron chi connectivity index (χ3n) is 3.45. The molecular formula is C17H30N2OS. The van der Waals surface area contributed by atoms with Gasteiger partial charge < -0.3 is 10.2 Å². The average molecular weight is 311 g/mol. The van der Waals surface area contributed by atoms with Gasteiger partial charge in [-0.05, 0) is 44.0 Å². The van der Waals surface area contributed by atoms with E-state index in [-0.39, 0.29) is 11.3 Å². The van der Waals surface area contributed by atoms with E-state index in [1.54, 1.807) is 11.3 Å². The number of rotatable bonds is 8. The van der Waals surface area contributed by atoms with Gasteiger partial charge in [0.1, 0.15) is 0 Å². The van der Waals surface area contributed by atoms with Crippen LogP contribution in [0.3, 0.4) is 0 Å². The van der Waals surface area contributed by atoms with E-state index in [2.05, 4.69) is 58.1 Å². The summed E-state index contributed by atoms with van der Waals surface area (Å²) in [4.78, 5) is 16.7. The Morgan fingerprint density at radius 1 is 1.33 bits per heavy atom. The molecule has 4 heteroatoms. The van der Waals surface area contributed by atoms with Gasteiger partial charge in [-0.1, -0.05) is 34.1 Å². The van der Waals surface area contributed by atoms with E-state index in [4.69, 9.17) is 0 Å². The van der Waals surface area contributed by atoms with Gasteiger partial charge in [0, 0.05) is 18.0 Å². The molecule has 0 aromatic carbocycles. The molecule has 120 valence electrons. The lowest BCUT2D eigenvalue weighted by Crippen LogP contribution is -2.39. The zero-order valence-corrected chi connectivity index (χ0v) is 15.2. The predicted octanol–water partition coefficient (Wildman–Crippen LogP) is 3.58. The summed E-state index contributed by atoms with van der Waals surface area (Å²) in [5.41, 5.74) is 1.41. The second kappa shape index (κ2) is 7.95. The summed E-state index contributed by atoms with van der Waals surface area (Å²) in [6.07, 6.45) is 3.21. The van der Waals surface area contributed by atoms with E-state index in [9.17, 15) is 4.79 Å². The number of hydrogen-bond donors (Lipinski definition) is 1. The van der Waals surface area contributed by atoms with Crippen LogP contribution in [0.2, 0.25) is 0 Å². The molecule has 0 aliphatic rings. The summed E-state index contributed by atoms with van der Waals surface area (Å²) in [6, 6.07) is 2.07. The molecule has 0 unspecified atom stereocenters. The number of hydrogen-bond acceptors (Lipinski definition) is 3. The van der Waals surface area contributed by atoms with Crippen LogP contribution in [0.4, 0.5) is 0 Å². The number of carbonyl (C=O) groups excluding carboxylic acids is 1. The van der Waals surface area contributed by atoms with Gasteiger partial charge in [0.25, 0.3) is 5.91 Å². The molecule has 0 spiro atoms. The minimum absolute atomic E-state index is 0.0730. The molecule has 0 aliphatic carbocycles. The molecule has 0 aliphatic heterocycles. The van der Waals surface area contributed by atoms with E-state index in [0.717, 1.165) is 30.7 Å². The summed E-state index contributed by atoms with van der Waals surface area (Å²) < 4.78 is 0. The van der Waals surface area contributed by atoms with Gasteiger partial charge in [0.15, 0.2) is 0 Å². The SMILES string of the molecule is CCCc1sc(C(=O)NCC(C)(C)CN(C)C)cc1CC. The Bertz CT molecular complexity index is 463. The van der Waals surface area contributed by atoms with Crippen LogP contribution in [-0.2, 0) is 12.8 Å². The molecule has 1 heterocycles. The monoisotopic (exact) mass is 310 g/mol. The van der Waals surface area contributed by atoms with Gasteiger partial charge in [-0.25, -0.2) is 0 Å². The van der Waals surface area contributed by atoms with Gasteiger partial charge in [-0.3, -0.25) is 4.79 Å². The van der Waals surface area contributed by atoms with Gasteiger partial charge in [0.05, 0.1) is 4.88 Å². The van der Waals surface area contributed by atoms with Crippen molar-refractivity contribution in [1.29, 1.82) is 0 Å². The van der Waals surface area contributed by atoms with Crippen LogP contribution < -0.4 is 5.32 Å². The number of aryl methyl sites for hydroxylation is 2. The van der Waals surface area contributed by atoms with Crippen molar-refractivity contribution in [2.24, 2.45) is 5.41 Å². The molecule has 0 saturated heterocycles. The van der Waals surface area contributed by atoms with Crippen LogP contribution in [-0.4, -0.2) is 38.0 Å². The predicted molar refractivity (Wildman–Crippen MR) is 92.4 cm³/mol. The van der Waals surface area contributed by atoms with E-state index < -0.39 is 0 Å². The first-order chi connectivity index (χ1) is 9.79. The lowest BCUT2D eigenvalue weighted by molar-refractivity contribution is 0.0933. The lowest BCUT2D eigenvalue weighted by atomic mass is 9.93. The molecular weight excluding hydrogens is 280 g/mol. The molecule has 0 bridgehead atoms. The summed E-state index contributed by atoms with van der Waals surface area (Å²) >= 11 is 1.66. The Hall–Kier alpha value is -0.870. The molecule has 21 heavy (non-hydrogen) atoms. The fourth-order valence-corrected chi connectivity index (χ4v) is 3.91. The molecule has 1 aromatic heterocycles. The summed E-state index contributed by atoms with van der Waals surface area (Å²) in [6.45, 7) is 10.4. The Kier molecular flexibility index (Phi) is 6.88. The lowest BCUT2D eigenvalue weighted by Gasteiger charge is -2.28. The first-order valence-corrected chi connectivity index (χ1v) is 8.65. The fraction of sp³-hybridized carbons (Fsp3) is 0.706. The van der Waals surface area contributed by atoms with Crippen LogP contribution >= 0.6 is 11.3 Å². The largest absolute Gasteiger partial charge is 0.351 e. The highest BCUT2D eigenvalue weighted by atomic mass is 32.1. The number of nitrogens with zero attached hydrogens (tertiary/aromatic N) is 1. The van der Waals surface area contributed by atoms with Gasteiger partial charge in [0.2, 0.25) is 0 Å². The molecule has 1 rings (SSSR count). The van der Waals surface area contributed by atoms with Crippen molar-refractivity contribution in [2.45, 2.75) is 47.0 Å². The van der Waals surface area contributed by atoms with Gasteiger partial charge in [-0.15, -0.1) is 11.3 Å². The molecule has 1 amide bonds. The Morgan fingerprint density at radius 2 is 2.00 bits per heavy atom. The van der Waals surface area contributed by atoms with Crippen molar-refractivity contribution < 1.29 is 4.79 Å². The minimum atomic E-state index is 0.0730. The summed E-state index contributed by atoms with van der Waals surface area (Å²) in [7, 11) is 4.13. The van der Waals surface area contributed by atoms with Gasteiger partial charge in [-0.2, -0.15) is 0 Å². The highest BCUT2D eigenvalue weighted by Crippen LogP contribution is 2.25. The highest BCUT2D eigenvalue weighted by molar-refractivity contribution is 7.14. The molecule has 1 aromatic rings. The number of amides is 1. The van der Waals surface area contributed by atoms with E-state index in [1.165, 1.54) is 10.4 Å². The fourth-order valence-electron chi connectivity index (χ4n) is 2.63. The van der Waals surface area contributed by atoms with Crippen LogP contribution in [0, 0.1) is 5.41 Å². The maximum absolute atomic E-state index is 12.3. The highest BCUT2D eigenvalue weighted by Gasteiger charge is 2.21. The quantitative estimate of drug-likeness (QED) is 0.796. The normalized spacial score (nSPS) is 12.0. The Labute approximate surface area is 133 Å². The number of nitrogens with one attached hydrogen (secondary N) is 1. The molecule has 0 fully saturated rings. The number of carbonyl (C=O) groups is 1. The molecule has 3 nitrogen and oxygen atoms in total. The second-order valence-electron chi connectivity index (χ2n) is 6.75. The molecule has 0 saturated carbocycles. The Balaban J connectivity index is 2.67. The summed E-state index contributed by atoms with van der Waals surface area (Å²) in [5.74, 6) is 0.0730. The van der Waals surface area contributed by atoms with Crippen molar-refractivity contribution in [2.75, 3.05) is 27.2 Å². The van der Waals surface area contributed by atoms with Crippen LogP contribution in [0.25, 0.3) is 0 Å². The van der Waals surface area contributed by atoms with Crippen LogP contribution in [0.5, 0.6) is 0 Å². The minimum Gasteiger partial charge on any atom is -0.351 e. The van der Waals surface area contributed by atoms with E-state index >= 15 is 0 Å². The van der Waals surface area contributed by atoms with E-state index in [1.807, 2.05) is 0 Å². The molecule has 0 radical (unpaired) electrons. The molecule has 0 atom stereocenters. The zero-order chi connectivity index (χ0) is 16.0. The van der Waals surface area contributed by atoms with Crippen molar-refractivity contribution in [3.05, 3.63) is 21.4 Å². The number of thiophene rings is 1. The first-order valence-electron chi connectivity index (χ1n) is 7.83. The van der Waals surface area contributed by atoms with Crippen molar-refractivity contribution in [3.8, 4) is 0 Å². The summed E-state index contributed by atoms with van der Waals surface area (Å²) in [5, 5.41) is 3.10. The third-order valence-corrected chi connectivity index (χ3v) is 4.69. The Morgan fingerprint density at radius 3 is 2.52 bits per heavy atom. The standard InChI is InChI=1S/C17H30N2OS/c1-7-9-14-13(8-2)10-15(21-14)16(20)18-11-17(3,4)12-19(5)6/h10H,7-9,11-12H2,1-6H3,(H,18,20). The van der Waals surface area contributed by atoms with Crippen molar-refractivity contribution in [3.63, 3.8) is 0 Å². The first kappa shape index (κ1) is 18.2. The second-order valence-corrected chi connectivity index (χ2v) is 7.88. The maximum Gasteiger partial charge on any atom is 0.261 e.